The largest absolute Gasteiger partial charge is 0.492 e. The van der Waals surface area contributed by atoms with E-state index in [1.165, 1.54) is 11.1 Å². The van der Waals surface area contributed by atoms with Gasteiger partial charge in [0, 0.05) is 25.5 Å². The fourth-order valence-corrected chi connectivity index (χ4v) is 2.16. The van der Waals surface area contributed by atoms with Crippen LogP contribution in [0.25, 0.3) is 0 Å². The summed E-state index contributed by atoms with van der Waals surface area (Å²) in [4.78, 5) is 13.9. The van der Waals surface area contributed by atoms with Gasteiger partial charge < -0.3 is 20.3 Å². The summed E-state index contributed by atoms with van der Waals surface area (Å²) in [6, 6.07) is 13.4. The molecule has 5 nitrogen and oxygen atoms in total. The van der Waals surface area contributed by atoms with Crippen LogP contribution in [0.3, 0.4) is 0 Å². The summed E-state index contributed by atoms with van der Waals surface area (Å²) in [6.07, 6.45) is 0. The van der Waals surface area contributed by atoms with E-state index in [1.807, 2.05) is 61.5 Å². The lowest BCUT2D eigenvalue weighted by molar-refractivity contribution is 0.247. The van der Waals surface area contributed by atoms with Crippen molar-refractivity contribution in [2.24, 2.45) is 0 Å². The van der Waals surface area contributed by atoms with Crippen LogP contribution < -0.4 is 20.3 Å². The van der Waals surface area contributed by atoms with Crippen LogP contribution in [-0.2, 0) is 0 Å². The third kappa shape index (κ3) is 5.19. The summed E-state index contributed by atoms with van der Waals surface area (Å²) in [6.45, 7) is 4.98. The molecule has 0 radical (unpaired) electrons. The Morgan fingerprint density at radius 2 is 1.75 bits per heavy atom. The molecule has 0 aliphatic heterocycles. The summed E-state index contributed by atoms with van der Waals surface area (Å²) in [5.74, 6) is 0.819. The average molecular weight is 327 g/mol. The van der Waals surface area contributed by atoms with Crippen LogP contribution in [0.5, 0.6) is 5.75 Å². The van der Waals surface area contributed by atoms with E-state index < -0.39 is 0 Å². The highest BCUT2D eigenvalue weighted by Crippen LogP contribution is 2.16. The van der Waals surface area contributed by atoms with Crippen LogP contribution >= 0.6 is 0 Å². The van der Waals surface area contributed by atoms with Crippen molar-refractivity contribution >= 4 is 17.4 Å². The minimum atomic E-state index is -0.240. The van der Waals surface area contributed by atoms with Gasteiger partial charge >= 0.3 is 6.03 Å². The Labute approximate surface area is 143 Å². The molecule has 2 aromatic rings. The number of urea groups is 1. The van der Waals surface area contributed by atoms with Crippen molar-refractivity contribution in [3.8, 4) is 5.75 Å². The molecule has 0 heterocycles. The molecule has 0 spiro atoms. The number of carbonyl (C=O) groups is 1. The first-order chi connectivity index (χ1) is 11.5. The van der Waals surface area contributed by atoms with Crippen molar-refractivity contribution in [1.82, 2.24) is 5.32 Å². The van der Waals surface area contributed by atoms with Gasteiger partial charge in [-0.05, 0) is 61.4 Å². The number of ether oxygens (including phenoxy) is 1. The van der Waals surface area contributed by atoms with Gasteiger partial charge in [0.2, 0.25) is 0 Å². The maximum Gasteiger partial charge on any atom is 0.319 e. The van der Waals surface area contributed by atoms with Gasteiger partial charge in [-0.25, -0.2) is 4.79 Å². The molecule has 0 aliphatic rings. The highest BCUT2D eigenvalue weighted by Gasteiger charge is 2.02. The van der Waals surface area contributed by atoms with Crippen LogP contribution in [0, 0.1) is 13.8 Å². The molecule has 0 saturated carbocycles. The molecule has 0 bridgehead atoms. The summed E-state index contributed by atoms with van der Waals surface area (Å²) in [5.41, 5.74) is 4.27. The first kappa shape index (κ1) is 17.7. The molecule has 0 unspecified atom stereocenters. The van der Waals surface area contributed by atoms with Crippen LogP contribution in [0.4, 0.5) is 16.2 Å². The monoisotopic (exact) mass is 327 g/mol. The van der Waals surface area contributed by atoms with Gasteiger partial charge in [-0.1, -0.05) is 6.07 Å². The Morgan fingerprint density at radius 1 is 1.04 bits per heavy atom. The van der Waals surface area contributed by atoms with Crippen molar-refractivity contribution < 1.29 is 9.53 Å². The van der Waals surface area contributed by atoms with Gasteiger partial charge in [-0.15, -0.1) is 0 Å². The smallest absolute Gasteiger partial charge is 0.319 e. The normalized spacial score (nSPS) is 10.2. The number of nitrogens with one attached hydrogen (secondary N) is 2. The summed E-state index contributed by atoms with van der Waals surface area (Å²) in [5, 5.41) is 5.58. The van der Waals surface area contributed by atoms with Crippen molar-refractivity contribution in [3.05, 3.63) is 53.6 Å². The van der Waals surface area contributed by atoms with Crippen LogP contribution in [-0.4, -0.2) is 33.3 Å². The number of hydrogen-bond acceptors (Lipinski definition) is 3. The first-order valence-electron chi connectivity index (χ1n) is 7.98. The van der Waals surface area contributed by atoms with E-state index >= 15 is 0 Å². The van der Waals surface area contributed by atoms with Gasteiger partial charge in [0.05, 0.1) is 6.54 Å². The number of amides is 2. The summed E-state index contributed by atoms with van der Waals surface area (Å²) >= 11 is 0. The molecule has 0 fully saturated rings. The maximum atomic E-state index is 11.9. The number of rotatable bonds is 6. The van der Waals surface area contributed by atoms with Crippen molar-refractivity contribution in [3.63, 3.8) is 0 Å². The molecule has 2 amide bonds. The van der Waals surface area contributed by atoms with Crippen molar-refractivity contribution in [1.29, 1.82) is 0 Å². The number of aryl methyl sites for hydroxylation is 2. The molecule has 0 atom stereocenters. The van der Waals surface area contributed by atoms with Gasteiger partial charge in [0.25, 0.3) is 0 Å². The minimum absolute atomic E-state index is 0.240. The fraction of sp³-hybridized carbons (Fsp3) is 0.316. The molecule has 2 aromatic carbocycles. The predicted octanol–water partition coefficient (Wildman–Crippen LogP) is 3.57. The zero-order valence-electron chi connectivity index (χ0n) is 14.7. The van der Waals surface area contributed by atoms with Gasteiger partial charge in [0.15, 0.2) is 0 Å². The Kier molecular flexibility index (Phi) is 6.07. The molecular weight excluding hydrogens is 302 g/mol. The number of carbonyl (C=O) groups excluding carboxylic acids is 1. The SMILES string of the molecule is Cc1ccc(OCCNC(=O)Nc2ccc(N(C)C)cc2)cc1C. The molecule has 128 valence electrons. The Balaban J connectivity index is 1.72. The molecule has 0 aromatic heterocycles. The minimum Gasteiger partial charge on any atom is -0.492 e. The average Bonchev–Trinajstić information content (AvgIpc) is 2.55. The zero-order chi connectivity index (χ0) is 17.5. The third-order valence-corrected chi connectivity index (χ3v) is 3.78. The molecule has 24 heavy (non-hydrogen) atoms. The first-order valence-corrected chi connectivity index (χ1v) is 7.98. The van der Waals surface area contributed by atoms with E-state index in [4.69, 9.17) is 4.74 Å². The number of anilines is 2. The van der Waals surface area contributed by atoms with Gasteiger partial charge in [-0.2, -0.15) is 0 Å². The Hall–Kier alpha value is -2.69. The van der Waals surface area contributed by atoms with Crippen molar-refractivity contribution in [2.45, 2.75) is 13.8 Å². The highest BCUT2D eigenvalue weighted by atomic mass is 16.5. The Bertz CT molecular complexity index is 682. The Morgan fingerprint density at radius 3 is 2.38 bits per heavy atom. The van der Waals surface area contributed by atoms with E-state index in [-0.39, 0.29) is 6.03 Å². The van der Waals surface area contributed by atoms with Gasteiger partial charge in [-0.3, -0.25) is 0 Å². The topological polar surface area (TPSA) is 53.6 Å². The number of benzene rings is 2. The van der Waals surface area contributed by atoms with Crippen LogP contribution in [0.15, 0.2) is 42.5 Å². The lowest BCUT2D eigenvalue weighted by Gasteiger charge is -2.13. The second-order valence-electron chi connectivity index (χ2n) is 5.92. The lowest BCUT2D eigenvalue weighted by Crippen LogP contribution is -2.32. The highest BCUT2D eigenvalue weighted by molar-refractivity contribution is 5.89. The summed E-state index contributed by atoms with van der Waals surface area (Å²) in [7, 11) is 3.95. The lowest BCUT2D eigenvalue weighted by atomic mass is 10.1. The van der Waals surface area contributed by atoms with Gasteiger partial charge in [0.1, 0.15) is 12.4 Å². The molecular formula is C19H25N3O2. The van der Waals surface area contributed by atoms with E-state index in [9.17, 15) is 4.79 Å². The van der Waals surface area contributed by atoms with Crippen LogP contribution in [0.2, 0.25) is 0 Å². The van der Waals surface area contributed by atoms with E-state index in [0.29, 0.717) is 13.2 Å². The van der Waals surface area contributed by atoms with Crippen LogP contribution in [0.1, 0.15) is 11.1 Å². The second kappa shape index (κ2) is 8.24. The predicted molar refractivity (Wildman–Crippen MR) is 99.2 cm³/mol. The number of hydrogen-bond donors (Lipinski definition) is 2. The standard InChI is InChI=1S/C19H25N3O2/c1-14-5-10-18(13-15(14)2)24-12-11-20-19(23)21-16-6-8-17(9-7-16)22(3)4/h5-10,13H,11-12H2,1-4H3,(H2,20,21,23). The van der Waals surface area contributed by atoms with Crippen molar-refractivity contribution in [2.75, 3.05) is 37.5 Å². The molecule has 2 N–H and O–H groups in total. The van der Waals surface area contributed by atoms with E-state index in [1.54, 1.807) is 0 Å². The number of nitrogens with zero attached hydrogens (tertiary/aromatic N) is 1. The molecule has 0 saturated heterocycles. The molecule has 0 aliphatic carbocycles. The quantitative estimate of drug-likeness (QED) is 0.798. The molecule has 5 heteroatoms. The van der Waals surface area contributed by atoms with E-state index in [0.717, 1.165) is 17.1 Å². The fourth-order valence-electron chi connectivity index (χ4n) is 2.16. The maximum absolute atomic E-state index is 11.9. The molecule has 2 rings (SSSR count). The summed E-state index contributed by atoms with van der Waals surface area (Å²) < 4.78 is 5.64. The zero-order valence-corrected chi connectivity index (χ0v) is 14.7. The second-order valence-corrected chi connectivity index (χ2v) is 5.92. The third-order valence-electron chi connectivity index (χ3n) is 3.78. The van der Waals surface area contributed by atoms with E-state index in [2.05, 4.69) is 24.5 Å².